The summed E-state index contributed by atoms with van der Waals surface area (Å²) in [6.07, 6.45) is 5.31. The van der Waals surface area contributed by atoms with Gasteiger partial charge in [-0.15, -0.1) is 0 Å². The van der Waals surface area contributed by atoms with E-state index in [4.69, 9.17) is 11.6 Å². The van der Waals surface area contributed by atoms with E-state index in [1.165, 1.54) is 13.1 Å². The molecule has 1 aliphatic rings. The molecule has 0 atom stereocenters. The standard InChI is InChI=1S/C14H19ClN2O3S/c1-17(21(2,19)20)11-7-8-13(15)12(9-11)14(18)16-10-5-3-4-6-10/h7-10H,3-6H2,1-2H3,(H,16,18). The number of nitrogens with zero attached hydrogens (tertiary/aromatic N) is 1. The van der Waals surface area contributed by atoms with E-state index in [1.807, 2.05) is 0 Å². The average molecular weight is 331 g/mol. The summed E-state index contributed by atoms with van der Waals surface area (Å²) in [7, 11) is -1.93. The van der Waals surface area contributed by atoms with E-state index in [2.05, 4.69) is 5.32 Å². The highest BCUT2D eigenvalue weighted by Gasteiger charge is 2.21. The molecule has 116 valence electrons. The lowest BCUT2D eigenvalue weighted by Crippen LogP contribution is -2.33. The fourth-order valence-electron chi connectivity index (χ4n) is 2.41. The first kappa shape index (κ1) is 16.1. The molecule has 2 rings (SSSR count). The number of sulfonamides is 1. The van der Waals surface area contributed by atoms with Crippen LogP contribution in [0.1, 0.15) is 36.0 Å². The molecule has 0 heterocycles. The van der Waals surface area contributed by atoms with Gasteiger partial charge in [-0.2, -0.15) is 0 Å². The number of amides is 1. The normalized spacial score (nSPS) is 16.0. The summed E-state index contributed by atoms with van der Waals surface area (Å²) in [5, 5.41) is 3.27. The Morgan fingerprint density at radius 3 is 2.52 bits per heavy atom. The molecule has 0 unspecified atom stereocenters. The van der Waals surface area contributed by atoms with Gasteiger partial charge < -0.3 is 5.32 Å². The quantitative estimate of drug-likeness (QED) is 0.922. The van der Waals surface area contributed by atoms with Gasteiger partial charge in [0.2, 0.25) is 10.0 Å². The smallest absolute Gasteiger partial charge is 0.253 e. The molecule has 0 aliphatic heterocycles. The zero-order valence-corrected chi connectivity index (χ0v) is 13.7. The first-order valence-corrected chi connectivity index (χ1v) is 9.06. The van der Waals surface area contributed by atoms with Crippen LogP contribution in [0.15, 0.2) is 18.2 Å². The number of hydrogen-bond acceptors (Lipinski definition) is 3. The Balaban J connectivity index is 2.24. The summed E-state index contributed by atoms with van der Waals surface area (Å²) in [5.41, 5.74) is 0.718. The van der Waals surface area contributed by atoms with Crippen molar-refractivity contribution in [2.24, 2.45) is 0 Å². The highest BCUT2D eigenvalue weighted by atomic mass is 35.5. The summed E-state index contributed by atoms with van der Waals surface area (Å²) in [6.45, 7) is 0. The number of halogens is 1. The van der Waals surface area contributed by atoms with Crippen molar-refractivity contribution in [1.29, 1.82) is 0 Å². The Bertz CT molecular complexity index is 640. The molecule has 1 fully saturated rings. The first-order valence-electron chi connectivity index (χ1n) is 6.83. The van der Waals surface area contributed by atoms with Gasteiger partial charge in [0.05, 0.1) is 22.5 Å². The molecule has 1 aromatic rings. The second-order valence-electron chi connectivity index (χ2n) is 5.35. The molecule has 1 N–H and O–H groups in total. The van der Waals surface area contributed by atoms with Gasteiger partial charge in [-0.25, -0.2) is 8.42 Å². The van der Waals surface area contributed by atoms with Crippen molar-refractivity contribution in [1.82, 2.24) is 5.32 Å². The van der Waals surface area contributed by atoms with E-state index in [-0.39, 0.29) is 11.9 Å². The maximum absolute atomic E-state index is 12.3. The maximum Gasteiger partial charge on any atom is 0.253 e. The summed E-state index contributed by atoms with van der Waals surface area (Å²) < 4.78 is 24.3. The van der Waals surface area contributed by atoms with Crippen LogP contribution in [-0.2, 0) is 10.0 Å². The molecule has 1 saturated carbocycles. The van der Waals surface area contributed by atoms with E-state index >= 15 is 0 Å². The van der Waals surface area contributed by atoms with Crippen molar-refractivity contribution in [3.05, 3.63) is 28.8 Å². The van der Waals surface area contributed by atoms with E-state index < -0.39 is 10.0 Å². The van der Waals surface area contributed by atoms with Gasteiger partial charge in [-0.3, -0.25) is 9.10 Å². The molecule has 1 aliphatic carbocycles. The molecule has 0 bridgehead atoms. The minimum Gasteiger partial charge on any atom is -0.349 e. The average Bonchev–Trinajstić information content (AvgIpc) is 2.90. The maximum atomic E-state index is 12.3. The zero-order valence-electron chi connectivity index (χ0n) is 12.1. The van der Waals surface area contributed by atoms with E-state index in [0.717, 1.165) is 36.2 Å². The van der Waals surface area contributed by atoms with Gasteiger partial charge in [0.1, 0.15) is 0 Å². The van der Waals surface area contributed by atoms with Gasteiger partial charge in [0.15, 0.2) is 0 Å². The number of nitrogens with one attached hydrogen (secondary N) is 1. The molecule has 21 heavy (non-hydrogen) atoms. The topological polar surface area (TPSA) is 66.5 Å². The molecule has 0 spiro atoms. The predicted molar refractivity (Wildman–Crippen MR) is 84.4 cm³/mol. The number of anilines is 1. The lowest BCUT2D eigenvalue weighted by Gasteiger charge is -2.18. The van der Waals surface area contributed by atoms with Crippen molar-refractivity contribution >= 4 is 33.2 Å². The van der Waals surface area contributed by atoms with Crippen molar-refractivity contribution in [3.63, 3.8) is 0 Å². The van der Waals surface area contributed by atoms with Gasteiger partial charge in [-0.05, 0) is 31.0 Å². The van der Waals surface area contributed by atoms with Crippen LogP contribution < -0.4 is 9.62 Å². The molecule has 1 aromatic carbocycles. The monoisotopic (exact) mass is 330 g/mol. The third kappa shape index (κ3) is 3.89. The van der Waals surface area contributed by atoms with Crippen LogP contribution in [0, 0.1) is 0 Å². The zero-order chi connectivity index (χ0) is 15.6. The molecule has 0 aromatic heterocycles. The number of hydrogen-bond donors (Lipinski definition) is 1. The van der Waals surface area contributed by atoms with Crippen LogP contribution in [0.3, 0.4) is 0 Å². The number of benzene rings is 1. The van der Waals surface area contributed by atoms with Crippen molar-refractivity contribution in [3.8, 4) is 0 Å². The highest BCUT2D eigenvalue weighted by molar-refractivity contribution is 7.92. The third-order valence-corrected chi connectivity index (χ3v) is 5.28. The highest BCUT2D eigenvalue weighted by Crippen LogP contribution is 2.25. The Hall–Kier alpha value is -1.27. The van der Waals surface area contributed by atoms with Crippen molar-refractivity contribution in [2.75, 3.05) is 17.6 Å². The van der Waals surface area contributed by atoms with Crippen LogP contribution in [0.2, 0.25) is 5.02 Å². The molecule has 0 saturated heterocycles. The van der Waals surface area contributed by atoms with Crippen LogP contribution in [0.4, 0.5) is 5.69 Å². The first-order chi connectivity index (χ1) is 9.79. The number of rotatable bonds is 4. The Morgan fingerprint density at radius 1 is 1.33 bits per heavy atom. The van der Waals surface area contributed by atoms with Crippen LogP contribution in [0.5, 0.6) is 0 Å². The lowest BCUT2D eigenvalue weighted by molar-refractivity contribution is 0.0938. The van der Waals surface area contributed by atoms with Crippen LogP contribution >= 0.6 is 11.6 Å². The molecule has 5 nitrogen and oxygen atoms in total. The van der Waals surface area contributed by atoms with Crippen LogP contribution in [0.25, 0.3) is 0 Å². The Morgan fingerprint density at radius 2 is 1.95 bits per heavy atom. The molecular weight excluding hydrogens is 312 g/mol. The minimum absolute atomic E-state index is 0.185. The van der Waals surface area contributed by atoms with Crippen molar-refractivity contribution < 1.29 is 13.2 Å². The fraction of sp³-hybridized carbons (Fsp3) is 0.500. The van der Waals surface area contributed by atoms with E-state index in [9.17, 15) is 13.2 Å². The SMILES string of the molecule is CN(c1ccc(Cl)c(C(=O)NC2CCCC2)c1)S(C)(=O)=O. The fourth-order valence-corrected chi connectivity index (χ4v) is 3.11. The molecular formula is C14H19ClN2O3S. The summed E-state index contributed by atoms with van der Waals surface area (Å²) in [6, 6.07) is 4.82. The van der Waals surface area contributed by atoms with Gasteiger partial charge in [0, 0.05) is 13.1 Å². The number of carbonyl (C=O) groups excluding carboxylic acids is 1. The second kappa shape index (κ2) is 6.23. The largest absolute Gasteiger partial charge is 0.349 e. The van der Waals surface area contributed by atoms with Gasteiger partial charge in [0.25, 0.3) is 5.91 Å². The summed E-state index contributed by atoms with van der Waals surface area (Å²) in [5.74, 6) is -0.254. The third-order valence-electron chi connectivity index (χ3n) is 3.75. The van der Waals surface area contributed by atoms with Gasteiger partial charge >= 0.3 is 0 Å². The Kier molecular flexibility index (Phi) is 4.78. The van der Waals surface area contributed by atoms with E-state index in [0.29, 0.717) is 16.3 Å². The molecule has 7 heteroatoms. The van der Waals surface area contributed by atoms with Crippen molar-refractivity contribution in [2.45, 2.75) is 31.7 Å². The van der Waals surface area contributed by atoms with Gasteiger partial charge in [-0.1, -0.05) is 24.4 Å². The Labute approximate surface area is 130 Å². The molecule has 0 radical (unpaired) electrons. The second-order valence-corrected chi connectivity index (χ2v) is 7.77. The van der Waals surface area contributed by atoms with Crippen LogP contribution in [-0.4, -0.2) is 33.7 Å². The molecule has 1 amide bonds. The summed E-state index contributed by atoms with van der Waals surface area (Å²) >= 11 is 6.07. The number of carbonyl (C=O) groups is 1. The van der Waals surface area contributed by atoms with E-state index in [1.54, 1.807) is 12.1 Å². The lowest BCUT2D eigenvalue weighted by atomic mass is 10.1. The predicted octanol–water partition coefficient (Wildman–Crippen LogP) is 2.41. The minimum atomic E-state index is -3.38. The summed E-state index contributed by atoms with van der Waals surface area (Å²) in [4.78, 5) is 12.3.